The Labute approximate surface area is 113 Å². The fourth-order valence-corrected chi connectivity index (χ4v) is 2.58. The molecule has 2 amide bonds. The highest BCUT2D eigenvalue weighted by molar-refractivity contribution is 7.79. The van der Waals surface area contributed by atoms with Gasteiger partial charge in [0.1, 0.15) is 5.69 Å². The lowest BCUT2D eigenvalue weighted by Gasteiger charge is -2.25. The number of amides is 2. The number of rotatable bonds is 2. The van der Waals surface area contributed by atoms with Gasteiger partial charge in [0.2, 0.25) is 0 Å². The van der Waals surface area contributed by atoms with Crippen LogP contribution in [0.15, 0.2) is 41.3 Å². The second-order valence-electron chi connectivity index (χ2n) is 4.67. The quantitative estimate of drug-likeness (QED) is 0.652. The van der Waals surface area contributed by atoms with Gasteiger partial charge in [-0.2, -0.15) is 0 Å². The Hall–Kier alpha value is -1.76. The van der Waals surface area contributed by atoms with Crippen LogP contribution in [0.25, 0.3) is 10.8 Å². The number of nitrogens with two attached hydrogens (primary N) is 1. The van der Waals surface area contributed by atoms with Crippen molar-refractivity contribution in [1.82, 2.24) is 4.48 Å². The minimum Gasteiger partial charge on any atom is -0.319 e. The molecule has 0 saturated heterocycles. The van der Waals surface area contributed by atoms with E-state index in [1.165, 1.54) is 0 Å². The summed E-state index contributed by atoms with van der Waals surface area (Å²) in [6.45, 7) is 0. The Morgan fingerprint density at radius 3 is 2.32 bits per heavy atom. The van der Waals surface area contributed by atoms with Gasteiger partial charge < -0.3 is 10.3 Å². The van der Waals surface area contributed by atoms with Gasteiger partial charge in [-0.05, 0) is 12.1 Å². The molecule has 0 aromatic heterocycles. The Morgan fingerprint density at radius 1 is 1.16 bits per heavy atom. The van der Waals surface area contributed by atoms with E-state index in [0.717, 1.165) is 5.39 Å². The van der Waals surface area contributed by atoms with Gasteiger partial charge in [0, 0.05) is 16.8 Å². The molecule has 0 aliphatic carbocycles. The van der Waals surface area contributed by atoms with E-state index >= 15 is 0 Å². The molecule has 0 heterocycles. The second kappa shape index (κ2) is 4.73. The predicted molar refractivity (Wildman–Crippen MR) is 76.2 cm³/mol. The summed E-state index contributed by atoms with van der Waals surface area (Å²) in [6, 6.07) is 9.88. The third-order valence-electron chi connectivity index (χ3n) is 3.20. The molecule has 0 fully saturated rings. The topological polar surface area (TPSA) is 80.4 Å². The first kappa shape index (κ1) is 13.7. The van der Waals surface area contributed by atoms with Gasteiger partial charge >= 0.3 is 6.03 Å². The number of quaternary nitrogens is 1. The van der Waals surface area contributed by atoms with Crippen molar-refractivity contribution in [2.24, 2.45) is 5.73 Å². The molecule has 0 aliphatic rings. The predicted octanol–water partition coefficient (Wildman–Crippen LogP) is 2.07. The van der Waals surface area contributed by atoms with E-state index in [4.69, 9.17) is 5.73 Å². The van der Waals surface area contributed by atoms with Crippen molar-refractivity contribution in [3.05, 3.63) is 36.4 Å². The summed E-state index contributed by atoms with van der Waals surface area (Å²) >= 11 is -2.07. The lowest BCUT2D eigenvalue weighted by Crippen LogP contribution is -2.50. The number of hydrogen-bond acceptors (Lipinski definition) is 2. The Morgan fingerprint density at radius 2 is 1.74 bits per heavy atom. The number of urea groups is 1. The van der Waals surface area contributed by atoms with Crippen LogP contribution < -0.4 is 10.2 Å². The van der Waals surface area contributed by atoms with E-state index < -0.39 is 17.1 Å². The van der Waals surface area contributed by atoms with Gasteiger partial charge in [0.15, 0.2) is 11.1 Å². The zero-order valence-corrected chi connectivity index (χ0v) is 11.5. The standard InChI is InChI=1S/C13H14N2O3S/c1-15(2,13(14)16)11-7-3-6-10-9(11)5-4-8-12(10)19(17)18/h3-8H,1-2H3,(H2-,14,16,17,18)/p+1. The van der Waals surface area contributed by atoms with Crippen LogP contribution in [0.4, 0.5) is 10.5 Å². The number of hydrogen-bond donors (Lipinski definition) is 2. The molecule has 0 aliphatic heterocycles. The molecule has 0 saturated carbocycles. The molecule has 5 nitrogen and oxygen atoms in total. The Balaban J connectivity index is 2.83. The largest absolute Gasteiger partial charge is 0.418 e. The van der Waals surface area contributed by atoms with Crippen LogP contribution in [-0.4, -0.2) is 28.9 Å². The summed E-state index contributed by atoms with van der Waals surface area (Å²) < 4.78 is 20.5. The Kier molecular flexibility index (Phi) is 3.40. The molecule has 2 aromatic rings. The van der Waals surface area contributed by atoms with Gasteiger partial charge in [0.25, 0.3) is 0 Å². The first-order valence-electron chi connectivity index (χ1n) is 5.63. The van der Waals surface area contributed by atoms with Gasteiger partial charge in [-0.25, -0.2) is 13.5 Å². The van der Waals surface area contributed by atoms with Crippen molar-refractivity contribution in [3.8, 4) is 0 Å². The molecule has 3 N–H and O–H groups in total. The molecular weight excluding hydrogens is 264 g/mol. The van der Waals surface area contributed by atoms with Crippen molar-refractivity contribution in [3.63, 3.8) is 0 Å². The summed E-state index contributed by atoms with van der Waals surface area (Å²) in [7, 11) is 3.36. The van der Waals surface area contributed by atoms with E-state index in [9.17, 15) is 13.6 Å². The second-order valence-corrected chi connectivity index (χ2v) is 5.61. The number of carbonyl (C=O) groups is 1. The number of benzene rings is 2. The van der Waals surface area contributed by atoms with Crippen LogP contribution in [0.2, 0.25) is 0 Å². The van der Waals surface area contributed by atoms with Gasteiger partial charge in [-0.15, -0.1) is 0 Å². The average Bonchev–Trinajstić information content (AvgIpc) is 2.36. The molecule has 6 heteroatoms. The third-order valence-corrected chi connectivity index (χ3v) is 3.93. The number of nitrogens with zero attached hydrogens (tertiary/aromatic N) is 1. The van der Waals surface area contributed by atoms with Gasteiger partial charge in [0.05, 0.1) is 19.0 Å². The first-order chi connectivity index (χ1) is 8.85. The normalized spacial score (nSPS) is 13.4. The maximum Gasteiger partial charge on any atom is 0.418 e. The molecule has 19 heavy (non-hydrogen) atoms. The van der Waals surface area contributed by atoms with E-state index in [1.807, 2.05) is 6.07 Å². The number of carbonyl (C=O) groups excluding carboxylic acids is 1. The lowest BCUT2D eigenvalue weighted by molar-refractivity contribution is 0.227. The summed E-state index contributed by atoms with van der Waals surface area (Å²) in [5.74, 6) is 0. The Bertz CT molecular complexity index is 683. The van der Waals surface area contributed by atoms with Gasteiger partial charge in [-0.1, -0.05) is 18.2 Å². The van der Waals surface area contributed by atoms with E-state index in [1.54, 1.807) is 44.4 Å². The average molecular weight is 279 g/mol. The van der Waals surface area contributed by atoms with Crippen LogP contribution in [0.1, 0.15) is 0 Å². The highest BCUT2D eigenvalue weighted by Gasteiger charge is 2.29. The van der Waals surface area contributed by atoms with Gasteiger partial charge in [-0.3, -0.25) is 0 Å². The highest BCUT2D eigenvalue weighted by Crippen LogP contribution is 2.32. The SMILES string of the molecule is C[N+](C)(C(N)=O)c1cccc2c(S(=O)O)cccc12. The van der Waals surface area contributed by atoms with Crippen LogP contribution in [0.3, 0.4) is 0 Å². The third kappa shape index (κ3) is 2.25. The molecule has 100 valence electrons. The summed E-state index contributed by atoms with van der Waals surface area (Å²) in [6.07, 6.45) is 0. The minimum atomic E-state index is -2.07. The zero-order valence-electron chi connectivity index (χ0n) is 10.7. The van der Waals surface area contributed by atoms with Crippen molar-refractivity contribution >= 4 is 33.6 Å². The summed E-state index contributed by atoms with van der Waals surface area (Å²) in [5, 5.41) is 1.39. The first-order valence-corrected chi connectivity index (χ1v) is 6.73. The van der Waals surface area contributed by atoms with Crippen molar-refractivity contribution in [1.29, 1.82) is 0 Å². The van der Waals surface area contributed by atoms with Crippen LogP contribution >= 0.6 is 0 Å². The molecule has 1 atom stereocenters. The zero-order chi connectivity index (χ0) is 14.2. The maximum absolute atomic E-state index is 11.6. The van der Waals surface area contributed by atoms with E-state index in [-0.39, 0.29) is 4.48 Å². The molecule has 2 rings (SSSR count). The van der Waals surface area contributed by atoms with Crippen LogP contribution in [-0.2, 0) is 11.1 Å². The molecule has 1 unspecified atom stereocenters. The maximum atomic E-state index is 11.6. The fraction of sp³-hybridized carbons (Fsp3) is 0.154. The molecular formula is C13H15N2O3S+. The summed E-state index contributed by atoms with van der Waals surface area (Å²) in [4.78, 5) is 11.9. The highest BCUT2D eigenvalue weighted by atomic mass is 32.2. The molecule has 0 bridgehead atoms. The van der Waals surface area contributed by atoms with E-state index in [2.05, 4.69) is 0 Å². The smallest absolute Gasteiger partial charge is 0.319 e. The summed E-state index contributed by atoms with van der Waals surface area (Å²) in [5.41, 5.74) is 6.11. The number of fused-ring (bicyclic) bond motifs is 1. The fourth-order valence-electron chi connectivity index (χ4n) is 2.02. The van der Waals surface area contributed by atoms with Crippen molar-refractivity contribution in [2.75, 3.05) is 14.1 Å². The molecule has 0 spiro atoms. The lowest BCUT2D eigenvalue weighted by atomic mass is 10.1. The number of primary amides is 1. The van der Waals surface area contributed by atoms with Crippen LogP contribution in [0.5, 0.6) is 0 Å². The van der Waals surface area contributed by atoms with Crippen molar-refractivity contribution in [2.45, 2.75) is 4.90 Å². The van der Waals surface area contributed by atoms with Crippen molar-refractivity contribution < 1.29 is 13.6 Å². The molecule has 2 aromatic carbocycles. The molecule has 0 radical (unpaired) electrons. The minimum absolute atomic E-state index is 0.126. The monoisotopic (exact) mass is 279 g/mol. The van der Waals surface area contributed by atoms with Crippen LogP contribution in [0, 0.1) is 0 Å². The van der Waals surface area contributed by atoms with E-state index in [0.29, 0.717) is 16.0 Å².